The molecule has 5 rings (SSSR count). The van der Waals surface area contributed by atoms with Gasteiger partial charge in [-0.05, 0) is 72.8 Å². The van der Waals surface area contributed by atoms with Crippen molar-refractivity contribution in [3.05, 3.63) is 109 Å². The van der Waals surface area contributed by atoms with Crippen LogP contribution in [-0.4, -0.2) is 91.9 Å². The molecular formula is C34H36N4O8S2. The van der Waals surface area contributed by atoms with E-state index in [2.05, 4.69) is 0 Å². The number of carbonyl (C=O) groups excluding carboxylic acids is 2. The summed E-state index contributed by atoms with van der Waals surface area (Å²) in [4.78, 5) is 30.2. The lowest BCUT2D eigenvalue weighted by atomic mass is 10.2. The summed E-state index contributed by atoms with van der Waals surface area (Å²) in [6.07, 6.45) is 0. The SMILES string of the molecule is COc1ccc(N(CC(=O)N2CCN(C(=O)CN(c3ccc(OC)cc3)S(=O)(=O)c3ccccc3)CC2)S(=O)(=O)c2ccccc2)cc1. The molecule has 4 aromatic carbocycles. The van der Waals surface area contributed by atoms with E-state index < -0.39 is 45.0 Å². The lowest BCUT2D eigenvalue weighted by Crippen LogP contribution is -2.55. The summed E-state index contributed by atoms with van der Waals surface area (Å²) in [5.41, 5.74) is 0.583. The van der Waals surface area contributed by atoms with Gasteiger partial charge in [0.1, 0.15) is 24.6 Å². The molecule has 252 valence electrons. The molecule has 0 atom stereocenters. The Kier molecular flexibility index (Phi) is 10.5. The van der Waals surface area contributed by atoms with Crippen molar-refractivity contribution in [2.45, 2.75) is 9.79 Å². The standard InChI is InChI=1S/C34H36N4O8S2/c1-45-29-17-13-27(14-18-29)37(47(41,42)31-9-5-3-6-10-31)25-33(39)35-21-23-36(24-22-35)34(40)26-38(28-15-19-30(46-2)20-16-28)48(43,44)32-11-7-4-8-12-32/h3-20H,21-26H2,1-2H3. The number of nitrogens with zero attached hydrogens (tertiary/aromatic N) is 4. The molecule has 0 bridgehead atoms. The molecule has 1 aliphatic rings. The molecule has 0 saturated carbocycles. The fourth-order valence-electron chi connectivity index (χ4n) is 5.22. The number of piperazine rings is 1. The Morgan fingerprint density at radius 2 is 0.854 bits per heavy atom. The third-order valence-electron chi connectivity index (χ3n) is 7.93. The lowest BCUT2D eigenvalue weighted by molar-refractivity contribution is -0.137. The molecule has 0 spiro atoms. The second-order valence-electron chi connectivity index (χ2n) is 10.8. The number of amides is 2. The Morgan fingerprint density at radius 3 is 1.15 bits per heavy atom. The quantitative estimate of drug-likeness (QED) is 0.221. The van der Waals surface area contributed by atoms with Crippen molar-refractivity contribution in [2.75, 3.05) is 62.1 Å². The van der Waals surface area contributed by atoms with Gasteiger partial charge in [-0.3, -0.25) is 18.2 Å². The lowest BCUT2D eigenvalue weighted by Gasteiger charge is -2.37. The fourth-order valence-corrected chi connectivity index (χ4v) is 8.09. The summed E-state index contributed by atoms with van der Waals surface area (Å²) < 4.78 is 67.3. The second kappa shape index (κ2) is 14.8. The van der Waals surface area contributed by atoms with Gasteiger partial charge in [-0.2, -0.15) is 0 Å². The van der Waals surface area contributed by atoms with Crippen molar-refractivity contribution in [1.82, 2.24) is 9.80 Å². The van der Waals surface area contributed by atoms with Crippen LogP contribution in [0.1, 0.15) is 0 Å². The van der Waals surface area contributed by atoms with E-state index in [9.17, 15) is 26.4 Å². The first-order chi connectivity index (χ1) is 23.0. The average Bonchev–Trinajstić information content (AvgIpc) is 3.13. The Bertz CT molecular complexity index is 1770. The van der Waals surface area contributed by atoms with E-state index in [1.165, 1.54) is 48.3 Å². The summed E-state index contributed by atoms with van der Waals surface area (Å²) >= 11 is 0. The minimum atomic E-state index is -4.10. The topological polar surface area (TPSA) is 134 Å². The van der Waals surface area contributed by atoms with E-state index in [-0.39, 0.29) is 36.0 Å². The van der Waals surface area contributed by atoms with Crippen LogP contribution < -0.4 is 18.1 Å². The van der Waals surface area contributed by atoms with Crippen molar-refractivity contribution in [2.24, 2.45) is 0 Å². The molecule has 12 nitrogen and oxygen atoms in total. The van der Waals surface area contributed by atoms with Crippen LogP contribution in [0.15, 0.2) is 119 Å². The van der Waals surface area contributed by atoms with Gasteiger partial charge in [0.05, 0.1) is 35.4 Å². The van der Waals surface area contributed by atoms with Crippen LogP contribution in [0.4, 0.5) is 11.4 Å². The molecule has 0 radical (unpaired) electrons. The van der Waals surface area contributed by atoms with E-state index in [1.54, 1.807) is 84.9 Å². The third-order valence-corrected chi connectivity index (χ3v) is 11.5. The summed E-state index contributed by atoms with van der Waals surface area (Å²) in [7, 11) is -5.20. The minimum Gasteiger partial charge on any atom is -0.497 e. The molecule has 0 aromatic heterocycles. The maximum atomic E-state index is 13.7. The highest BCUT2D eigenvalue weighted by molar-refractivity contribution is 7.93. The normalized spacial score (nSPS) is 13.5. The summed E-state index contributed by atoms with van der Waals surface area (Å²) in [5.74, 6) is 0.183. The van der Waals surface area contributed by atoms with Crippen molar-refractivity contribution in [1.29, 1.82) is 0 Å². The first-order valence-corrected chi connectivity index (χ1v) is 17.9. The van der Waals surface area contributed by atoms with Gasteiger partial charge in [0.25, 0.3) is 20.0 Å². The van der Waals surface area contributed by atoms with Gasteiger partial charge < -0.3 is 19.3 Å². The van der Waals surface area contributed by atoms with E-state index >= 15 is 0 Å². The van der Waals surface area contributed by atoms with Crippen LogP contribution >= 0.6 is 0 Å². The average molecular weight is 693 g/mol. The molecule has 2 amide bonds. The highest BCUT2D eigenvalue weighted by atomic mass is 32.2. The van der Waals surface area contributed by atoms with Gasteiger partial charge in [0, 0.05) is 26.2 Å². The van der Waals surface area contributed by atoms with Gasteiger partial charge in [0.2, 0.25) is 11.8 Å². The van der Waals surface area contributed by atoms with Crippen molar-refractivity contribution in [3.63, 3.8) is 0 Å². The smallest absolute Gasteiger partial charge is 0.264 e. The van der Waals surface area contributed by atoms with E-state index in [0.717, 1.165) is 8.61 Å². The van der Waals surface area contributed by atoms with Crippen molar-refractivity contribution < 1.29 is 35.9 Å². The number of rotatable bonds is 12. The molecule has 0 unspecified atom stereocenters. The highest BCUT2D eigenvalue weighted by Gasteiger charge is 2.33. The molecule has 0 N–H and O–H groups in total. The first kappa shape index (κ1) is 34.3. The van der Waals surface area contributed by atoms with Crippen molar-refractivity contribution >= 4 is 43.2 Å². The number of hydrogen-bond donors (Lipinski definition) is 0. The van der Waals surface area contributed by atoms with Crippen molar-refractivity contribution in [3.8, 4) is 11.5 Å². The summed E-state index contributed by atoms with van der Waals surface area (Å²) in [6.45, 7) is -0.363. The number of ether oxygens (including phenoxy) is 2. The Morgan fingerprint density at radius 1 is 0.542 bits per heavy atom. The predicted molar refractivity (Wildman–Crippen MR) is 181 cm³/mol. The minimum absolute atomic E-state index is 0.0379. The van der Waals surface area contributed by atoms with Crippen LogP contribution in [0.2, 0.25) is 0 Å². The zero-order chi connectivity index (χ0) is 34.3. The Labute approximate surface area is 280 Å². The highest BCUT2D eigenvalue weighted by Crippen LogP contribution is 2.28. The molecule has 1 aliphatic heterocycles. The van der Waals surface area contributed by atoms with E-state index in [4.69, 9.17) is 9.47 Å². The number of sulfonamides is 2. The van der Waals surface area contributed by atoms with Gasteiger partial charge >= 0.3 is 0 Å². The van der Waals surface area contributed by atoms with Gasteiger partial charge in [-0.1, -0.05) is 36.4 Å². The first-order valence-electron chi connectivity index (χ1n) is 15.0. The number of benzene rings is 4. The molecule has 48 heavy (non-hydrogen) atoms. The predicted octanol–water partition coefficient (Wildman–Crippen LogP) is 3.47. The van der Waals surface area contributed by atoms with E-state index in [0.29, 0.717) is 22.9 Å². The molecular weight excluding hydrogens is 657 g/mol. The molecule has 0 aliphatic carbocycles. The molecule has 4 aromatic rings. The van der Waals surface area contributed by atoms with Crippen LogP contribution in [-0.2, 0) is 29.6 Å². The number of hydrogen-bond acceptors (Lipinski definition) is 8. The number of anilines is 2. The fraction of sp³-hybridized carbons (Fsp3) is 0.235. The summed E-state index contributed by atoms with van der Waals surface area (Å²) in [6, 6.07) is 28.5. The molecule has 1 saturated heterocycles. The zero-order valence-electron chi connectivity index (χ0n) is 26.5. The number of carbonyl (C=O) groups is 2. The second-order valence-corrected chi connectivity index (χ2v) is 14.5. The third kappa shape index (κ3) is 7.55. The maximum absolute atomic E-state index is 13.7. The van der Waals surface area contributed by atoms with Crippen LogP contribution in [0.25, 0.3) is 0 Å². The molecule has 1 fully saturated rings. The summed E-state index contributed by atoms with van der Waals surface area (Å²) in [5, 5.41) is 0. The van der Waals surface area contributed by atoms with Gasteiger partial charge in [-0.15, -0.1) is 0 Å². The zero-order valence-corrected chi connectivity index (χ0v) is 28.1. The van der Waals surface area contributed by atoms with Gasteiger partial charge in [0.15, 0.2) is 0 Å². The van der Waals surface area contributed by atoms with Crippen LogP contribution in [0, 0.1) is 0 Å². The largest absolute Gasteiger partial charge is 0.497 e. The maximum Gasteiger partial charge on any atom is 0.264 e. The Balaban J connectivity index is 1.30. The van der Waals surface area contributed by atoms with E-state index in [1.807, 2.05) is 0 Å². The van der Waals surface area contributed by atoms with Crippen LogP contribution in [0.3, 0.4) is 0 Å². The van der Waals surface area contributed by atoms with Gasteiger partial charge in [-0.25, -0.2) is 16.8 Å². The Hall–Kier alpha value is -5.08. The monoisotopic (exact) mass is 692 g/mol. The number of methoxy groups -OCH3 is 2. The molecule has 14 heteroatoms. The molecule has 1 heterocycles. The van der Waals surface area contributed by atoms with Crippen LogP contribution in [0.5, 0.6) is 11.5 Å².